The standard InChI is InChI=1S/C28H47N3O4/c1-12-15-20(5)29-24(32)23(21-17-14-13-16-19(21)4)31(27(6,7)8)25(33)22(18(2)3)30-26(34)35-28(9,10)11/h13-14,16-18,20,22-23H,12,15H2,1-11H3,(H,29,32)(H,30,34). The van der Waals surface area contributed by atoms with Crippen LogP contribution in [-0.4, -0.2) is 46.0 Å². The summed E-state index contributed by atoms with van der Waals surface area (Å²) < 4.78 is 5.43. The van der Waals surface area contributed by atoms with Crippen LogP contribution in [0.4, 0.5) is 4.79 Å². The Bertz CT molecular complexity index is 868. The van der Waals surface area contributed by atoms with Crippen molar-refractivity contribution in [3.05, 3.63) is 35.4 Å². The molecule has 1 aromatic rings. The normalized spacial score (nSPS) is 14.6. The maximum Gasteiger partial charge on any atom is 0.408 e. The third kappa shape index (κ3) is 9.19. The molecule has 0 aliphatic carbocycles. The Balaban J connectivity index is 3.56. The van der Waals surface area contributed by atoms with E-state index >= 15 is 0 Å². The zero-order chi connectivity index (χ0) is 27.1. The Morgan fingerprint density at radius 2 is 1.54 bits per heavy atom. The Hall–Kier alpha value is -2.57. The molecule has 7 nitrogen and oxygen atoms in total. The second-order valence-electron chi connectivity index (χ2n) is 11.7. The lowest BCUT2D eigenvalue weighted by atomic mass is 9.91. The summed E-state index contributed by atoms with van der Waals surface area (Å²) in [7, 11) is 0. The highest BCUT2D eigenvalue weighted by Gasteiger charge is 2.43. The molecule has 3 amide bonds. The van der Waals surface area contributed by atoms with Gasteiger partial charge in [0.25, 0.3) is 0 Å². The third-order valence-electron chi connectivity index (χ3n) is 5.67. The van der Waals surface area contributed by atoms with Crippen LogP contribution in [0.25, 0.3) is 0 Å². The number of ether oxygens (including phenoxy) is 1. The van der Waals surface area contributed by atoms with Crippen LogP contribution in [0.1, 0.15) is 99.2 Å². The number of nitrogens with zero attached hydrogens (tertiary/aromatic N) is 1. The van der Waals surface area contributed by atoms with E-state index in [1.54, 1.807) is 25.7 Å². The van der Waals surface area contributed by atoms with Crippen LogP contribution in [0, 0.1) is 12.8 Å². The number of carbonyl (C=O) groups is 3. The molecule has 1 aromatic carbocycles. The first-order chi connectivity index (χ1) is 16.0. The fourth-order valence-corrected chi connectivity index (χ4v) is 4.06. The van der Waals surface area contributed by atoms with Crippen LogP contribution in [0.15, 0.2) is 24.3 Å². The molecular weight excluding hydrogens is 442 g/mol. The predicted octanol–water partition coefficient (Wildman–Crippen LogP) is 5.52. The number of benzene rings is 1. The number of nitrogens with one attached hydrogen (secondary N) is 2. The molecule has 35 heavy (non-hydrogen) atoms. The number of amides is 3. The zero-order valence-corrected chi connectivity index (χ0v) is 23.6. The maximum atomic E-state index is 14.2. The van der Waals surface area contributed by atoms with Gasteiger partial charge >= 0.3 is 6.09 Å². The molecule has 3 unspecified atom stereocenters. The first kappa shape index (κ1) is 30.5. The second-order valence-corrected chi connectivity index (χ2v) is 11.7. The number of aryl methyl sites for hydroxylation is 1. The summed E-state index contributed by atoms with van der Waals surface area (Å²) in [5, 5.41) is 5.87. The highest BCUT2D eigenvalue weighted by atomic mass is 16.6. The van der Waals surface area contributed by atoms with Crippen LogP contribution in [0.2, 0.25) is 0 Å². The molecule has 0 heterocycles. The molecule has 198 valence electrons. The lowest BCUT2D eigenvalue weighted by molar-refractivity contribution is -0.149. The zero-order valence-electron chi connectivity index (χ0n) is 23.6. The van der Waals surface area contributed by atoms with Gasteiger partial charge in [0.05, 0.1) is 0 Å². The fourth-order valence-electron chi connectivity index (χ4n) is 4.06. The van der Waals surface area contributed by atoms with E-state index < -0.39 is 29.3 Å². The summed E-state index contributed by atoms with van der Waals surface area (Å²) in [5.41, 5.74) is 0.269. The van der Waals surface area contributed by atoms with Gasteiger partial charge in [0, 0.05) is 11.6 Å². The Kier molecular flexibility index (Phi) is 10.8. The van der Waals surface area contributed by atoms with E-state index in [0.717, 1.165) is 24.0 Å². The van der Waals surface area contributed by atoms with E-state index in [0.29, 0.717) is 0 Å². The highest BCUT2D eigenvalue weighted by Crippen LogP contribution is 2.32. The molecular formula is C28H47N3O4. The molecule has 0 saturated carbocycles. The van der Waals surface area contributed by atoms with Crippen molar-refractivity contribution in [2.75, 3.05) is 0 Å². The van der Waals surface area contributed by atoms with Gasteiger partial charge in [-0.25, -0.2) is 4.79 Å². The average Bonchev–Trinajstić information content (AvgIpc) is 2.68. The van der Waals surface area contributed by atoms with Gasteiger partial charge in [-0.15, -0.1) is 0 Å². The topological polar surface area (TPSA) is 87.7 Å². The largest absolute Gasteiger partial charge is 0.444 e. The van der Waals surface area contributed by atoms with E-state index in [9.17, 15) is 14.4 Å². The molecule has 0 aromatic heterocycles. The van der Waals surface area contributed by atoms with Crippen molar-refractivity contribution in [2.45, 2.75) is 118 Å². The summed E-state index contributed by atoms with van der Waals surface area (Å²) in [6, 6.07) is 5.87. The van der Waals surface area contributed by atoms with Crippen LogP contribution >= 0.6 is 0 Å². The van der Waals surface area contributed by atoms with Gasteiger partial charge in [0.15, 0.2) is 0 Å². The van der Waals surface area contributed by atoms with Gasteiger partial charge in [0.2, 0.25) is 11.8 Å². The molecule has 3 atom stereocenters. The van der Waals surface area contributed by atoms with Crippen molar-refractivity contribution in [1.82, 2.24) is 15.5 Å². The van der Waals surface area contributed by atoms with Gasteiger partial charge in [-0.3, -0.25) is 9.59 Å². The van der Waals surface area contributed by atoms with Crippen molar-refractivity contribution < 1.29 is 19.1 Å². The van der Waals surface area contributed by atoms with Gasteiger partial charge in [-0.1, -0.05) is 51.5 Å². The summed E-state index contributed by atoms with van der Waals surface area (Å²) in [4.78, 5) is 42.1. The van der Waals surface area contributed by atoms with E-state index in [-0.39, 0.29) is 23.8 Å². The summed E-state index contributed by atoms with van der Waals surface area (Å²) in [6.45, 7) is 20.8. The van der Waals surface area contributed by atoms with Crippen LogP contribution < -0.4 is 10.6 Å². The number of rotatable bonds is 9. The lowest BCUT2D eigenvalue weighted by Crippen LogP contribution is -2.60. The van der Waals surface area contributed by atoms with Crippen molar-refractivity contribution in [2.24, 2.45) is 5.92 Å². The van der Waals surface area contributed by atoms with E-state index in [4.69, 9.17) is 4.74 Å². The SMILES string of the molecule is CCCC(C)NC(=O)C(c1ccccc1C)N(C(=O)C(NC(=O)OC(C)(C)C)C(C)C)C(C)(C)C. The smallest absolute Gasteiger partial charge is 0.408 e. The molecule has 7 heteroatoms. The predicted molar refractivity (Wildman–Crippen MR) is 141 cm³/mol. The molecule has 1 rings (SSSR count). The first-order valence-electron chi connectivity index (χ1n) is 12.7. The van der Waals surface area contributed by atoms with Gasteiger partial charge < -0.3 is 20.3 Å². The molecule has 0 spiro atoms. The minimum atomic E-state index is -0.864. The van der Waals surface area contributed by atoms with Crippen molar-refractivity contribution >= 4 is 17.9 Å². The second kappa shape index (κ2) is 12.4. The maximum absolute atomic E-state index is 14.2. The highest BCUT2D eigenvalue weighted by molar-refractivity contribution is 5.93. The number of alkyl carbamates (subject to hydrolysis) is 1. The van der Waals surface area contributed by atoms with E-state index in [1.165, 1.54) is 0 Å². The van der Waals surface area contributed by atoms with Crippen LogP contribution in [0.3, 0.4) is 0 Å². The van der Waals surface area contributed by atoms with E-state index in [1.807, 2.05) is 72.7 Å². The molecule has 0 aliphatic heterocycles. The molecule has 0 bridgehead atoms. The number of hydrogen-bond donors (Lipinski definition) is 2. The average molecular weight is 490 g/mol. The minimum absolute atomic E-state index is 0.0308. The minimum Gasteiger partial charge on any atom is -0.444 e. The van der Waals surface area contributed by atoms with E-state index in [2.05, 4.69) is 17.6 Å². The number of hydrogen-bond acceptors (Lipinski definition) is 4. The number of carbonyl (C=O) groups excluding carboxylic acids is 3. The molecule has 2 N–H and O–H groups in total. The quantitative estimate of drug-likeness (QED) is 0.478. The Morgan fingerprint density at radius 1 is 0.971 bits per heavy atom. The van der Waals surface area contributed by atoms with Crippen molar-refractivity contribution in [3.8, 4) is 0 Å². The molecule has 0 aliphatic rings. The molecule has 0 fully saturated rings. The molecule has 0 radical (unpaired) electrons. The lowest BCUT2D eigenvalue weighted by Gasteiger charge is -2.44. The summed E-state index contributed by atoms with van der Waals surface area (Å²) >= 11 is 0. The molecule has 0 saturated heterocycles. The summed E-state index contributed by atoms with van der Waals surface area (Å²) in [5.74, 6) is -0.785. The van der Waals surface area contributed by atoms with Gasteiger partial charge in [0.1, 0.15) is 17.7 Å². The monoisotopic (exact) mass is 489 g/mol. The summed E-state index contributed by atoms with van der Waals surface area (Å²) in [6.07, 6.45) is 1.12. The Morgan fingerprint density at radius 3 is 2.00 bits per heavy atom. The Labute approximate surface area is 212 Å². The van der Waals surface area contributed by atoms with Crippen molar-refractivity contribution in [3.63, 3.8) is 0 Å². The first-order valence-corrected chi connectivity index (χ1v) is 12.7. The van der Waals surface area contributed by atoms with Gasteiger partial charge in [-0.2, -0.15) is 0 Å². The van der Waals surface area contributed by atoms with Gasteiger partial charge in [-0.05, 0) is 78.9 Å². The van der Waals surface area contributed by atoms with Crippen LogP contribution in [0.5, 0.6) is 0 Å². The fraction of sp³-hybridized carbons (Fsp3) is 0.679. The van der Waals surface area contributed by atoms with Crippen molar-refractivity contribution in [1.29, 1.82) is 0 Å². The van der Waals surface area contributed by atoms with Crippen LogP contribution in [-0.2, 0) is 14.3 Å². The third-order valence-corrected chi connectivity index (χ3v) is 5.67.